The van der Waals surface area contributed by atoms with Gasteiger partial charge in [0.2, 0.25) is 0 Å². The van der Waals surface area contributed by atoms with E-state index in [0.29, 0.717) is 13.1 Å². The molecule has 0 amide bonds. The van der Waals surface area contributed by atoms with E-state index in [1.165, 1.54) is 4.88 Å². The lowest BCUT2D eigenvalue weighted by atomic mass is 10.4. The maximum atomic E-state index is 8.78. The van der Waals surface area contributed by atoms with E-state index in [-0.39, 0.29) is 6.61 Å². The van der Waals surface area contributed by atoms with Crippen LogP contribution in [0.2, 0.25) is 0 Å². The average molecular weight is 252 g/mol. The Bertz CT molecular complexity index is 472. The summed E-state index contributed by atoms with van der Waals surface area (Å²) in [7, 11) is 0. The molecule has 0 aliphatic carbocycles. The highest BCUT2D eigenvalue weighted by molar-refractivity contribution is 7.11. The highest BCUT2D eigenvalue weighted by atomic mass is 32.1. The zero-order chi connectivity index (χ0) is 12.3. The van der Waals surface area contributed by atoms with Crippen molar-refractivity contribution in [2.24, 2.45) is 0 Å². The van der Waals surface area contributed by atoms with E-state index in [1.54, 1.807) is 16.0 Å². The first kappa shape index (κ1) is 12.1. The molecule has 0 aliphatic rings. The van der Waals surface area contributed by atoms with Crippen LogP contribution in [0.15, 0.2) is 12.3 Å². The van der Waals surface area contributed by atoms with Gasteiger partial charge in [0.15, 0.2) is 0 Å². The zero-order valence-electron chi connectivity index (χ0n) is 9.97. The minimum Gasteiger partial charge on any atom is -0.394 e. The predicted molar refractivity (Wildman–Crippen MR) is 68.2 cm³/mol. The van der Waals surface area contributed by atoms with Crippen molar-refractivity contribution in [3.05, 3.63) is 27.8 Å². The molecule has 92 valence electrons. The van der Waals surface area contributed by atoms with Crippen molar-refractivity contribution in [3.63, 3.8) is 0 Å². The highest BCUT2D eigenvalue weighted by Crippen LogP contribution is 2.17. The van der Waals surface area contributed by atoms with E-state index in [0.717, 1.165) is 16.5 Å². The van der Waals surface area contributed by atoms with E-state index >= 15 is 0 Å². The second-order valence-electron chi connectivity index (χ2n) is 3.79. The van der Waals surface area contributed by atoms with Crippen molar-refractivity contribution < 1.29 is 5.11 Å². The lowest BCUT2D eigenvalue weighted by molar-refractivity contribution is 0.269. The molecule has 17 heavy (non-hydrogen) atoms. The van der Waals surface area contributed by atoms with Gasteiger partial charge < -0.3 is 10.4 Å². The maximum absolute atomic E-state index is 8.78. The number of nitrogens with zero attached hydrogens (tertiary/aromatic N) is 3. The molecule has 0 aliphatic heterocycles. The smallest absolute Gasteiger partial charge is 0.148 e. The van der Waals surface area contributed by atoms with Crippen molar-refractivity contribution in [1.82, 2.24) is 14.8 Å². The van der Waals surface area contributed by atoms with Gasteiger partial charge in [0, 0.05) is 17.1 Å². The monoisotopic (exact) mass is 252 g/mol. The molecule has 0 fully saturated rings. The summed E-state index contributed by atoms with van der Waals surface area (Å²) in [5, 5.41) is 17.3. The summed E-state index contributed by atoms with van der Waals surface area (Å²) in [6.45, 7) is 5.41. The first-order chi connectivity index (χ1) is 8.19. The largest absolute Gasteiger partial charge is 0.394 e. The summed E-state index contributed by atoms with van der Waals surface area (Å²) >= 11 is 1.70. The van der Waals surface area contributed by atoms with Gasteiger partial charge in [0.25, 0.3) is 0 Å². The number of hydrogen-bond donors (Lipinski definition) is 2. The molecule has 0 spiro atoms. The third-order valence-corrected chi connectivity index (χ3v) is 3.54. The van der Waals surface area contributed by atoms with Crippen LogP contribution < -0.4 is 5.32 Å². The summed E-state index contributed by atoms with van der Waals surface area (Å²) in [5.41, 5.74) is 1.10. The summed E-state index contributed by atoms with van der Waals surface area (Å²) in [6, 6.07) is 1.89. The van der Waals surface area contributed by atoms with Crippen LogP contribution >= 0.6 is 11.3 Å². The minimum absolute atomic E-state index is 0.103. The number of aryl methyl sites for hydroxylation is 2. The van der Waals surface area contributed by atoms with E-state index in [2.05, 4.69) is 22.3 Å². The summed E-state index contributed by atoms with van der Waals surface area (Å²) in [4.78, 5) is 5.71. The molecule has 0 saturated heterocycles. The van der Waals surface area contributed by atoms with E-state index < -0.39 is 0 Å². The molecule has 2 rings (SSSR count). The van der Waals surface area contributed by atoms with Gasteiger partial charge in [-0.05, 0) is 13.8 Å². The number of hydrogen-bond acceptors (Lipinski definition) is 5. The summed E-state index contributed by atoms with van der Waals surface area (Å²) in [6.07, 6.45) is 1.84. The van der Waals surface area contributed by atoms with E-state index in [9.17, 15) is 0 Å². The number of nitrogens with one attached hydrogen (secondary N) is 1. The molecule has 0 bridgehead atoms. The van der Waals surface area contributed by atoms with E-state index in [1.807, 2.05) is 19.2 Å². The fraction of sp³-hybridized carbons (Fsp3) is 0.455. The third kappa shape index (κ3) is 3.04. The molecule has 5 nitrogen and oxygen atoms in total. The summed E-state index contributed by atoms with van der Waals surface area (Å²) in [5.74, 6) is 0.809. The van der Waals surface area contributed by atoms with Gasteiger partial charge in [0.05, 0.1) is 25.4 Å². The number of thiazole rings is 1. The van der Waals surface area contributed by atoms with Crippen molar-refractivity contribution in [2.75, 3.05) is 11.9 Å². The molecule has 0 atom stereocenters. The molecule has 6 heteroatoms. The van der Waals surface area contributed by atoms with Crippen LogP contribution in [0.3, 0.4) is 0 Å². The second kappa shape index (κ2) is 5.29. The Morgan fingerprint density at radius 1 is 1.47 bits per heavy atom. The van der Waals surface area contributed by atoms with Crippen LogP contribution in [-0.4, -0.2) is 26.5 Å². The van der Waals surface area contributed by atoms with Crippen molar-refractivity contribution in [2.45, 2.75) is 26.9 Å². The fourth-order valence-electron chi connectivity index (χ4n) is 1.46. The van der Waals surface area contributed by atoms with Crippen molar-refractivity contribution in [1.29, 1.82) is 0 Å². The Morgan fingerprint density at radius 3 is 2.94 bits per heavy atom. The number of aromatic nitrogens is 3. The summed E-state index contributed by atoms with van der Waals surface area (Å²) < 4.78 is 1.71. The first-order valence-electron chi connectivity index (χ1n) is 5.50. The standard InChI is InChI=1S/C11H16N4OS/c1-8-9(2)17-11(13-8)7-12-10-3-4-15(14-10)5-6-16/h3-4,16H,5-7H2,1-2H3,(H,12,14). The average Bonchev–Trinajstić information content (AvgIpc) is 2.85. The lowest BCUT2D eigenvalue weighted by Crippen LogP contribution is -2.04. The highest BCUT2D eigenvalue weighted by Gasteiger charge is 2.04. The number of aliphatic hydroxyl groups excluding tert-OH is 1. The van der Waals surface area contributed by atoms with Crippen molar-refractivity contribution in [3.8, 4) is 0 Å². The van der Waals surface area contributed by atoms with Crippen LogP contribution in [0.4, 0.5) is 5.82 Å². The normalized spacial score (nSPS) is 10.8. The van der Waals surface area contributed by atoms with Crippen LogP contribution in [0.5, 0.6) is 0 Å². The Kier molecular flexibility index (Phi) is 3.75. The Morgan fingerprint density at radius 2 is 2.29 bits per heavy atom. The topological polar surface area (TPSA) is 63.0 Å². The van der Waals surface area contributed by atoms with Crippen LogP contribution in [0.1, 0.15) is 15.6 Å². The first-order valence-corrected chi connectivity index (χ1v) is 6.32. The van der Waals surface area contributed by atoms with E-state index in [4.69, 9.17) is 5.11 Å². The SMILES string of the molecule is Cc1nc(CNc2ccn(CCO)n2)sc1C. The maximum Gasteiger partial charge on any atom is 0.148 e. The molecule has 0 unspecified atom stereocenters. The van der Waals surface area contributed by atoms with Gasteiger partial charge in [-0.3, -0.25) is 4.68 Å². The molecule has 2 N–H and O–H groups in total. The fourth-order valence-corrected chi connectivity index (χ4v) is 2.34. The number of anilines is 1. The number of rotatable bonds is 5. The lowest BCUT2D eigenvalue weighted by Gasteiger charge is -1.99. The van der Waals surface area contributed by atoms with Crippen LogP contribution in [0.25, 0.3) is 0 Å². The molecule has 2 aromatic rings. The van der Waals surface area contributed by atoms with Gasteiger partial charge in [-0.1, -0.05) is 0 Å². The Hall–Kier alpha value is -1.40. The van der Waals surface area contributed by atoms with Gasteiger partial charge >= 0.3 is 0 Å². The molecule has 0 saturated carbocycles. The van der Waals surface area contributed by atoms with Gasteiger partial charge in [0.1, 0.15) is 10.8 Å². The molecular weight excluding hydrogens is 236 g/mol. The van der Waals surface area contributed by atoms with Gasteiger partial charge in [-0.15, -0.1) is 11.3 Å². The minimum atomic E-state index is 0.103. The Labute approximate surface area is 104 Å². The number of aliphatic hydroxyl groups is 1. The molecule has 2 aromatic heterocycles. The van der Waals surface area contributed by atoms with Gasteiger partial charge in [-0.25, -0.2) is 4.98 Å². The van der Waals surface area contributed by atoms with Crippen LogP contribution in [-0.2, 0) is 13.1 Å². The third-order valence-electron chi connectivity index (χ3n) is 2.46. The van der Waals surface area contributed by atoms with Crippen molar-refractivity contribution >= 4 is 17.2 Å². The molecular formula is C11H16N4OS. The Balaban J connectivity index is 1.92. The second-order valence-corrected chi connectivity index (χ2v) is 5.08. The quantitative estimate of drug-likeness (QED) is 0.847. The van der Waals surface area contributed by atoms with Crippen LogP contribution in [0, 0.1) is 13.8 Å². The van der Waals surface area contributed by atoms with Gasteiger partial charge in [-0.2, -0.15) is 5.10 Å². The molecule has 0 aromatic carbocycles. The zero-order valence-corrected chi connectivity index (χ0v) is 10.8. The molecule has 2 heterocycles. The predicted octanol–water partition coefficient (Wildman–Crippen LogP) is 1.56. The molecule has 0 radical (unpaired) electrons.